The first-order valence-corrected chi connectivity index (χ1v) is 11.2. The Bertz CT molecular complexity index is 668. The Morgan fingerprint density at radius 2 is 1.04 bits per heavy atom. The van der Waals surface area contributed by atoms with Gasteiger partial charge in [-0.25, -0.2) is 0 Å². The van der Waals surface area contributed by atoms with Gasteiger partial charge in [0.05, 0.1) is 0 Å². The molecule has 144 valence electrons. The summed E-state index contributed by atoms with van der Waals surface area (Å²) in [7, 11) is 0. The van der Waals surface area contributed by atoms with Crippen molar-refractivity contribution in [1.29, 1.82) is 0 Å². The van der Waals surface area contributed by atoms with Crippen LogP contribution in [0.15, 0.2) is 72.8 Å². The third-order valence-corrected chi connectivity index (χ3v) is 5.10. The van der Waals surface area contributed by atoms with Crippen LogP contribution >= 0.6 is 31.9 Å². The van der Waals surface area contributed by atoms with Crippen molar-refractivity contribution in [3.05, 3.63) is 84.0 Å². The van der Waals surface area contributed by atoms with Crippen LogP contribution in [-0.2, 0) is 5.41 Å². The molecule has 0 aliphatic rings. The fourth-order valence-corrected chi connectivity index (χ4v) is 3.18. The molecule has 0 saturated heterocycles. The molecule has 0 fully saturated rings. The molecule has 2 nitrogen and oxygen atoms in total. The van der Waals surface area contributed by atoms with Crippen LogP contribution in [0.3, 0.4) is 0 Å². The first-order valence-electron chi connectivity index (χ1n) is 8.96. The largest absolute Gasteiger partial charge is 0.490 e. The number of allylic oxidation sites excluding steroid dienone is 2. The van der Waals surface area contributed by atoms with Gasteiger partial charge in [0, 0.05) is 16.1 Å². The van der Waals surface area contributed by atoms with Crippen LogP contribution in [0.2, 0.25) is 0 Å². The van der Waals surface area contributed by atoms with E-state index in [2.05, 4.69) is 70.0 Å². The number of hydrogen-bond donors (Lipinski definition) is 0. The smallest absolute Gasteiger partial charge is 0.119 e. The summed E-state index contributed by atoms with van der Waals surface area (Å²) in [5.74, 6) is 1.77. The average molecular weight is 494 g/mol. The van der Waals surface area contributed by atoms with Crippen molar-refractivity contribution >= 4 is 31.9 Å². The van der Waals surface area contributed by atoms with Crippen molar-refractivity contribution in [1.82, 2.24) is 0 Å². The lowest BCUT2D eigenvalue weighted by atomic mass is 9.78. The van der Waals surface area contributed by atoms with Crippen LogP contribution < -0.4 is 9.47 Å². The summed E-state index contributed by atoms with van der Waals surface area (Å²) >= 11 is 6.71. The van der Waals surface area contributed by atoms with Crippen LogP contribution in [0.4, 0.5) is 0 Å². The van der Waals surface area contributed by atoms with Crippen LogP contribution in [-0.4, -0.2) is 23.9 Å². The van der Waals surface area contributed by atoms with Gasteiger partial charge in [-0.15, -0.1) is 0 Å². The quantitative estimate of drug-likeness (QED) is 0.271. The zero-order valence-electron chi connectivity index (χ0n) is 15.8. The lowest BCUT2D eigenvalue weighted by Gasteiger charge is -2.26. The highest BCUT2D eigenvalue weighted by atomic mass is 79.9. The van der Waals surface area contributed by atoms with Gasteiger partial charge in [-0.2, -0.15) is 0 Å². The van der Waals surface area contributed by atoms with Gasteiger partial charge in [0.25, 0.3) is 0 Å². The van der Waals surface area contributed by atoms with E-state index in [1.54, 1.807) is 0 Å². The molecule has 2 rings (SSSR count). The molecule has 2 aromatic carbocycles. The maximum absolute atomic E-state index is 5.72. The highest BCUT2D eigenvalue weighted by Gasteiger charge is 2.23. The Hall–Kier alpha value is -1.52. The minimum Gasteiger partial charge on any atom is -0.490 e. The molecule has 0 heterocycles. The average Bonchev–Trinajstić information content (AvgIpc) is 2.69. The molecule has 0 aliphatic heterocycles. The first-order chi connectivity index (χ1) is 13.1. The molecule has 27 heavy (non-hydrogen) atoms. The second-order valence-electron chi connectivity index (χ2n) is 6.55. The third kappa shape index (κ3) is 6.86. The monoisotopic (exact) mass is 492 g/mol. The van der Waals surface area contributed by atoms with Gasteiger partial charge in [-0.05, 0) is 35.4 Å². The molecular weight excluding hydrogens is 468 g/mol. The number of halogens is 2. The fraction of sp³-hybridized carbons (Fsp3) is 0.304. The van der Waals surface area contributed by atoms with Crippen LogP contribution in [0.25, 0.3) is 0 Å². The zero-order valence-corrected chi connectivity index (χ0v) is 19.0. The standard InChI is InChI=1S/C23H26Br2O2/c1-23(2,19-7-11-21(12-8-19)26-17-5-3-15-24)20-9-13-22(14-10-20)27-18-6-4-16-25/h3-14H,15-18H2,1-2H3/b5-3+,6-4+. The number of alkyl halides is 2. The Kier molecular flexibility index (Phi) is 9.16. The highest BCUT2D eigenvalue weighted by molar-refractivity contribution is 9.09. The molecule has 0 spiro atoms. The minimum absolute atomic E-state index is 0.0945. The predicted molar refractivity (Wildman–Crippen MR) is 122 cm³/mol. The van der Waals surface area contributed by atoms with Gasteiger partial charge < -0.3 is 9.47 Å². The Labute approximate surface area is 179 Å². The van der Waals surface area contributed by atoms with E-state index < -0.39 is 0 Å². The van der Waals surface area contributed by atoms with Gasteiger partial charge in [0.15, 0.2) is 0 Å². The molecule has 0 radical (unpaired) electrons. The fourth-order valence-electron chi connectivity index (χ4n) is 2.65. The summed E-state index contributed by atoms with van der Waals surface area (Å²) in [5.41, 5.74) is 2.41. The minimum atomic E-state index is -0.0945. The number of rotatable bonds is 10. The Morgan fingerprint density at radius 3 is 1.37 bits per heavy atom. The molecule has 0 N–H and O–H groups in total. The van der Waals surface area contributed by atoms with E-state index in [1.807, 2.05) is 48.6 Å². The number of hydrogen-bond acceptors (Lipinski definition) is 2. The molecule has 0 aliphatic carbocycles. The second-order valence-corrected chi connectivity index (χ2v) is 7.84. The molecule has 0 atom stereocenters. The van der Waals surface area contributed by atoms with Crippen molar-refractivity contribution < 1.29 is 9.47 Å². The van der Waals surface area contributed by atoms with Gasteiger partial charge >= 0.3 is 0 Å². The van der Waals surface area contributed by atoms with E-state index in [0.717, 1.165) is 22.2 Å². The van der Waals surface area contributed by atoms with Gasteiger partial charge in [-0.3, -0.25) is 0 Å². The third-order valence-electron chi connectivity index (χ3n) is 4.36. The van der Waals surface area contributed by atoms with Crippen LogP contribution in [0, 0.1) is 0 Å². The van der Waals surface area contributed by atoms with E-state index in [-0.39, 0.29) is 5.41 Å². The summed E-state index contributed by atoms with van der Waals surface area (Å²) < 4.78 is 11.4. The summed E-state index contributed by atoms with van der Waals surface area (Å²) in [5, 5.41) is 1.70. The molecule has 0 aromatic heterocycles. The molecule has 4 heteroatoms. The van der Waals surface area contributed by atoms with Crippen molar-refractivity contribution in [2.75, 3.05) is 23.9 Å². The number of ether oxygens (including phenoxy) is 2. The maximum Gasteiger partial charge on any atom is 0.119 e. The second kappa shape index (κ2) is 11.4. The molecule has 0 amide bonds. The normalized spacial score (nSPS) is 12.0. The molecular formula is C23H26Br2O2. The highest BCUT2D eigenvalue weighted by Crippen LogP contribution is 2.33. The molecule has 2 aromatic rings. The Morgan fingerprint density at radius 1 is 0.667 bits per heavy atom. The maximum atomic E-state index is 5.72. The molecule has 0 saturated carbocycles. The predicted octanol–water partition coefficient (Wildman–Crippen LogP) is 6.67. The topological polar surface area (TPSA) is 18.5 Å². The first kappa shape index (κ1) is 21.8. The van der Waals surface area contributed by atoms with E-state index in [4.69, 9.17) is 9.47 Å². The summed E-state index contributed by atoms with van der Waals surface area (Å²) in [4.78, 5) is 0. The van der Waals surface area contributed by atoms with Crippen molar-refractivity contribution in [3.8, 4) is 11.5 Å². The summed E-state index contributed by atoms with van der Waals surface area (Å²) in [6.45, 7) is 5.63. The van der Waals surface area contributed by atoms with Crippen molar-refractivity contribution in [2.45, 2.75) is 19.3 Å². The van der Waals surface area contributed by atoms with E-state index in [0.29, 0.717) is 13.2 Å². The SMILES string of the molecule is CC(C)(c1ccc(OC/C=C/CBr)cc1)c1ccc(OC/C=C/CBr)cc1. The lowest BCUT2D eigenvalue weighted by Crippen LogP contribution is -2.18. The number of benzene rings is 2. The zero-order chi connectivity index (χ0) is 19.5. The van der Waals surface area contributed by atoms with E-state index in [9.17, 15) is 0 Å². The van der Waals surface area contributed by atoms with Crippen LogP contribution in [0.5, 0.6) is 11.5 Å². The van der Waals surface area contributed by atoms with Gasteiger partial charge in [0.2, 0.25) is 0 Å². The lowest BCUT2D eigenvalue weighted by molar-refractivity contribution is 0.362. The van der Waals surface area contributed by atoms with Crippen molar-refractivity contribution in [2.24, 2.45) is 0 Å². The van der Waals surface area contributed by atoms with E-state index >= 15 is 0 Å². The van der Waals surface area contributed by atoms with Crippen molar-refractivity contribution in [3.63, 3.8) is 0 Å². The van der Waals surface area contributed by atoms with E-state index in [1.165, 1.54) is 11.1 Å². The summed E-state index contributed by atoms with van der Waals surface area (Å²) in [6.07, 6.45) is 8.07. The summed E-state index contributed by atoms with van der Waals surface area (Å²) in [6, 6.07) is 16.7. The molecule has 0 unspecified atom stereocenters. The van der Waals surface area contributed by atoms with Crippen LogP contribution in [0.1, 0.15) is 25.0 Å². The Balaban J connectivity index is 2.01. The molecule has 0 bridgehead atoms. The van der Waals surface area contributed by atoms with Gasteiger partial charge in [-0.1, -0.05) is 94.3 Å². The van der Waals surface area contributed by atoms with Gasteiger partial charge in [0.1, 0.15) is 24.7 Å².